The molecule has 2 amide bonds. The van der Waals surface area contributed by atoms with Crippen LogP contribution >= 0.6 is 0 Å². The number of nitrogens with one attached hydrogen (secondary N) is 1. The second kappa shape index (κ2) is 5.62. The Morgan fingerprint density at radius 2 is 2.44 bits per heavy atom. The Kier molecular flexibility index (Phi) is 3.92. The molecule has 1 fully saturated rings. The molecule has 96 valence electrons. The average molecular weight is 247 g/mol. The van der Waals surface area contributed by atoms with E-state index in [1.54, 1.807) is 29.4 Å². The number of carbonyl (C=O) groups excluding carboxylic acids is 2. The highest BCUT2D eigenvalue weighted by molar-refractivity contribution is 5.97. The summed E-state index contributed by atoms with van der Waals surface area (Å²) in [5.41, 5.74) is 0.670. The van der Waals surface area contributed by atoms with Crippen LogP contribution in [0, 0.1) is 5.92 Å². The highest BCUT2D eigenvalue weighted by Gasteiger charge is 2.33. The van der Waals surface area contributed by atoms with Crippen molar-refractivity contribution >= 4 is 17.5 Å². The maximum Gasteiger partial charge on any atom is 0.229 e. The normalized spacial score (nSPS) is 19.1. The van der Waals surface area contributed by atoms with Gasteiger partial charge in [-0.15, -0.1) is 0 Å². The summed E-state index contributed by atoms with van der Waals surface area (Å²) in [4.78, 5) is 29.3. The fourth-order valence-corrected chi connectivity index (χ4v) is 2.11. The first-order valence-electron chi connectivity index (χ1n) is 6.19. The lowest BCUT2D eigenvalue weighted by Crippen LogP contribution is -2.28. The predicted octanol–water partition coefficient (Wildman–Crippen LogP) is 1.28. The van der Waals surface area contributed by atoms with Gasteiger partial charge in [0.25, 0.3) is 0 Å². The van der Waals surface area contributed by atoms with Crippen molar-refractivity contribution in [1.82, 2.24) is 9.88 Å². The van der Waals surface area contributed by atoms with Crippen LogP contribution in [0.4, 0.5) is 5.69 Å². The number of rotatable bonds is 4. The fourth-order valence-electron chi connectivity index (χ4n) is 2.11. The molecule has 1 aliphatic rings. The van der Waals surface area contributed by atoms with E-state index in [0.29, 0.717) is 18.7 Å². The van der Waals surface area contributed by atoms with Crippen molar-refractivity contribution in [3.05, 3.63) is 24.5 Å². The molecule has 0 aliphatic carbocycles. The summed E-state index contributed by atoms with van der Waals surface area (Å²) >= 11 is 0. The van der Waals surface area contributed by atoms with E-state index in [0.717, 1.165) is 13.0 Å². The van der Waals surface area contributed by atoms with Gasteiger partial charge in [-0.2, -0.15) is 0 Å². The van der Waals surface area contributed by atoms with Gasteiger partial charge in [-0.3, -0.25) is 14.6 Å². The van der Waals surface area contributed by atoms with Crippen molar-refractivity contribution in [2.75, 3.05) is 18.4 Å². The Morgan fingerprint density at radius 1 is 1.61 bits per heavy atom. The van der Waals surface area contributed by atoms with Crippen LogP contribution in [0.3, 0.4) is 0 Å². The van der Waals surface area contributed by atoms with Crippen molar-refractivity contribution in [3.63, 3.8) is 0 Å². The zero-order valence-electron chi connectivity index (χ0n) is 10.4. The SMILES string of the molecule is CCCN1CC(C(=O)Nc2cccnc2)CC1=O. The van der Waals surface area contributed by atoms with Crippen LogP contribution in [0.15, 0.2) is 24.5 Å². The van der Waals surface area contributed by atoms with Gasteiger partial charge in [-0.05, 0) is 18.6 Å². The molecule has 5 heteroatoms. The minimum absolute atomic E-state index is 0.0724. The van der Waals surface area contributed by atoms with Crippen molar-refractivity contribution < 1.29 is 9.59 Å². The van der Waals surface area contributed by atoms with Gasteiger partial charge in [-0.25, -0.2) is 0 Å². The summed E-state index contributed by atoms with van der Waals surface area (Å²) in [6, 6.07) is 3.55. The lowest BCUT2D eigenvalue weighted by atomic mass is 10.1. The average Bonchev–Trinajstić information content (AvgIpc) is 2.73. The number of pyridine rings is 1. The standard InChI is InChI=1S/C13H17N3O2/c1-2-6-16-9-10(7-12(16)17)13(18)15-11-4-3-5-14-8-11/h3-5,8,10H,2,6-7,9H2,1H3,(H,15,18). The number of aromatic nitrogens is 1. The molecule has 1 aromatic heterocycles. The lowest BCUT2D eigenvalue weighted by molar-refractivity contribution is -0.128. The molecule has 0 bridgehead atoms. The molecule has 2 rings (SSSR count). The molecule has 1 saturated heterocycles. The summed E-state index contributed by atoms with van der Waals surface area (Å²) in [7, 11) is 0. The monoisotopic (exact) mass is 247 g/mol. The molecule has 1 unspecified atom stereocenters. The van der Waals surface area contributed by atoms with Gasteiger partial charge in [0.15, 0.2) is 0 Å². The van der Waals surface area contributed by atoms with Crippen LogP contribution in [-0.2, 0) is 9.59 Å². The number of likely N-dealkylation sites (tertiary alicyclic amines) is 1. The molecule has 18 heavy (non-hydrogen) atoms. The summed E-state index contributed by atoms with van der Waals surface area (Å²) in [6.07, 6.45) is 4.48. The van der Waals surface area contributed by atoms with Gasteiger partial charge >= 0.3 is 0 Å². The molecule has 5 nitrogen and oxygen atoms in total. The number of carbonyl (C=O) groups is 2. The highest BCUT2D eigenvalue weighted by Crippen LogP contribution is 2.19. The Morgan fingerprint density at radius 3 is 3.11 bits per heavy atom. The second-order valence-electron chi connectivity index (χ2n) is 4.47. The Balaban J connectivity index is 1.93. The molecule has 0 spiro atoms. The van der Waals surface area contributed by atoms with E-state index in [9.17, 15) is 9.59 Å². The lowest BCUT2D eigenvalue weighted by Gasteiger charge is -2.15. The highest BCUT2D eigenvalue weighted by atomic mass is 16.2. The minimum Gasteiger partial charge on any atom is -0.342 e. The van der Waals surface area contributed by atoms with Crippen molar-refractivity contribution in [3.8, 4) is 0 Å². The number of nitrogens with zero attached hydrogens (tertiary/aromatic N) is 2. The number of anilines is 1. The first-order chi connectivity index (χ1) is 8.70. The van der Waals surface area contributed by atoms with Crippen LogP contribution in [0.25, 0.3) is 0 Å². The third kappa shape index (κ3) is 2.85. The molecule has 0 saturated carbocycles. The Bertz CT molecular complexity index is 433. The molecule has 0 radical (unpaired) electrons. The van der Waals surface area contributed by atoms with E-state index < -0.39 is 0 Å². The van der Waals surface area contributed by atoms with Crippen LogP contribution in [-0.4, -0.2) is 34.8 Å². The predicted molar refractivity (Wildman–Crippen MR) is 67.8 cm³/mol. The molecule has 1 atom stereocenters. The van der Waals surface area contributed by atoms with Gasteiger partial charge in [0.1, 0.15) is 0 Å². The molecular weight excluding hydrogens is 230 g/mol. The number of hydrogen-bond donors (Lipinski definition) is 1. The van der Waals surface area contributed by atoms with Crippen LogP contribution < -0.4 is 5.32 Å². The van der Waals surface area contributed by atoms with E-state index in [1.165, 1.54) is 0 Å². The first-order valence-corrected chi connectivity index (χ1v) is 6.19. The van der Waals surface area contributed by atoms with Gasteiger partial charge < -0.3 is 10.2 Å². The van der Waals surface area contributed by atoms with Gasteiger partial charge in [-0.1, -0.05) is 6.92 Å². The summed E-state index contributed by atoms with van der Waals surface area (Å²) in [6.45, 7) is 3.28. The second-order valence-corrected chi connectivity index (χ2v) is 4.47. The Hall–Kier alpha value is -1.91. The van der Waals surface area contributed by atoms with Gasteiger partial charge in [0, 0.05) is 25.7 Å². The van der Waals surface area contributed by atoms with E-state index in [1.807, 2.05) is 6.92 Å². The zero-order chi connectivity index (χ0) is 13.0. The number of amides is 2. The summed E-state index contributed by atoms with van der Waals surface area (Å²) < 4.78 is 0. The fraction of sp³-hybridized carbons (Fsp3) is 0.462. The largest absolute Gasteiger partial charge is 0.342 e. The third-order valence-corrected chi connectivity index (χ3v) is 3.01. The quantitative estimate of drug-likeness (QED) is 0.871. The van der Waals surface area contributed by atoms with Gasteiger partial charge in [0.2, 0.25) is 11.8 Å². The zero-order valence-corrected chi connectivity index (χ0v) is 10.4. The van der Waals surface area contributed by atoms with Crippen molar-refractivity contribution in [1.29, 1.82) is 0 Å². The van der Waals surface area contributed by atoms with E-state index in [2.05, 4.69) is 10.3 Å². The molecule has 1 aromatic rings. The van der Waals surface area contributed by atoms with Crippen LogP contribution in [0.1, 0.15) is 19.8 Å². The van der Waals surface area contributed by atoms with E-state index >= 15 is 0 Å². The Labute approximate surface area is 106 Å². The molecule has 2 heterocycles. The van der Waals surface area contributed by atoms with E-state index in [-0.39, 0.29) is 17.7 Å². The summed E-state index contributed by atoms with van der Waals surface area (Å²) in [5.74, 6) is -0.276. The van der Waals surface area contributed by atoms with E-state index in [4.69, 9.17) is 0 Å². The summed E-state index contributed by atoms with van der Waals surface area (Å²) in [5, 5.41) is 2.79. The molecule has 1 N–H and O–H groups in total. The maximum absolute atomic E-state index is 12.0. The first kappa shape index (κ1) is 12.5. The number of hydrogen-bond acceptors (Lipinski definition) is 3. The topological polar surface area (TPSA) is 62.3 Å². The van der Waals surface area contributed by atoms with Crippen LogP contribution in [0.5, 0.6) is 0 Å². The molecule has 1 aliphatic heterocycles. The maximum atomic E-state index is 12.0. The smallest absolute Gasteiger partial charge is 0.229 e. The van der Waals surface area contributed by atoms with Crippen molar-refractivity contribution in [2.24, 2.45) is 5.92 Å². The third-order valence-electron chi connectivity index (χ3n) is 3.01. The van der Waals surface area contributed by atoms with Crippen molar-refractivity contribution in [2.45, 2.75) is 19.8 Å². The van der Waals surface area contributed by atoms with Gasteiger partial charge in [0.05, 0.1) is 17.8 Å². The molecular formula is C13H17N3O2. The molecule has 0 aromatic carbocycles. The minimum atomic E-state index is -0.246. The van der Waals surface area contributed by atoms with Crippen LogP contribution in [0.2, 0.25) is 0 Å².